The predicted octanol–water partition coefficient (Wildman–Crippen LogP) is 3.92. The van der Waals surface area contributed by atoms with Gasteiger partial charge in [-0.1, -0.05) is 22.0 Å². The maximum Gasteiger partial charge on any atom is 0.273 e. The molecule has 102 valence electrons. The van der Waals surface area contributed by atoms with Gasteiger partial charge in [0.25, 0.3) is 11.6 Å². The Morgan fingerprint density at radius 1 is 1.20 bits per heavy atom. The van der Waals surface area contributed by atoms with E-state index >= 15 is 0 Å². The number of halogens is 1. The third kappa shape index (κ3) is 3.21. The van der Waals surface area contributed by atoms with Gasteiger partial charge in [0, 0.05) is 27.4 Å². The molecule has 1 amide bonds. The molecule has 0 fully saturated rings. The summed E-state index contributed by atoms with van der Waals surface area (Å²) >= 11 is 3.30. The number of rotatable bonds is 3. The van der Waals surface area contributed by atoms with Gasteiger partial charge in [-0.25, -0.2) is 0 Å². The van der Waals surface area contributed by atoms with Gasteiger partial charge >= 0.3 is 0 Å². The van der Waals surface area contributed by atoms with Crippen molar-refractivity contribution < 1.29 is 9.72 Å². The Bertz CT molecular complexity index is 669. The van der Waals surface area contributed by atoms with Gasteiger partial charge in [0.05, 0.1) is 4.92 Å². The van der Waals surface area contributed by atoms with Gasteiger partial charge in [-0.2, -0.15) is 0 Å². The number of nitro benzene ring substituents is 1. The van der Waals surface area contributed by atoms with E-state index in [4.69, 9.17) is 0 Å². The SMILES string of the molecule is Cc1ccc(C(=O)Nc2ccc(Br)cc2)cc1[N+](=O)[O-]. The molecule has 0 saturated carbocycles. The first-order valence-corrected chi connectivity index (χ1v) is 6.58. The van der Waals surface area contributed by atoms with Crippen molar-refractivity contribution in [2.75, 3.05) is 5.32 Å². The molecule has 0 heterocycles. The van der Waals surface area contributed by atoms with Crippen LogP contribution in [0.4, 0.5) is 11.4 Å². The summed E-state index contributed by atoms with van der Waals surface area (Å²) in [7, 11) is 0. The second kappa shape index (κ2) is 5.83. The Balaban J connectivity index is 2.23. The Kier molecular flexibility index (Phi) is 4.14. The molecule has 0 bridgehead atoms. The minimum atomic E-state index is -0.494. The second-order valence-corrected chi connectivity index (χ2v) is 5.14. The molecule has 0 saturated heterocycles. The third-order valence-corrected chi connectivity index (χ3v) is 3.30. The lowest BCUT2D eigenvalue weighted by Crippen LogP contribution is -2.12. The van der Waals surface area contributed by atoms with Gasteiger partial charge in [0.2, 0.25) is 0 Å². The van der Waals surface area contributed by atoms with E-state index < -0.39 is 4.92 Å². The summed E-state index contributed by atoms with van der Waals surface area (Å²) < 4.78 is 0.904. The molecule has 5 nitrogen and oxygen atoms in total. The van der Waals surface area contributed by atoms with Crippen molar-refractivity contribution in [2.45, 2.75) is 6.92 Å². The molecule has 0 aliphatic heterocycles. The molecule has 1 N–H and O–H groups in total. The molecule has 0 aliphatic rings. The van der Waals surface area contributed by atoms with Crippen LogP contribution in [0.2, 0.25) is 0 Å². The van der Waals surface area contributed by atoms with Crippen LogP contribution in [0.15, 0.2) is 46.9 Å². The smallest absolute Gasteiger partial charge is 0.273 e. The van der Waals surface area contributed by atoms with Crippen molar-refractivity contribution in [3.63, 3.8) is 0 Å². The van der Waals surface area contributed by atoms with E-state index in [2.05, 4.69) is 21.2 Å². The summed E-state index contributed by atoms with van der Waals surface area (Å²) in [4.78, 5) is 22.4. The molecule has 0 atom stereocenters. The Labute approximate surface area is 123 Å². The fourth-order valence-electron chi connectivity index (χ4n) is 1.68. The standard InChI is InChI=1S/C14H11BrN2O3/c1-9-2-3-10(8-13(9)17(19)20)14(18)16-12-6-4-11(15)5-7-12/h2-8H,1H3,(H,16,18). The summed E-state index contributed by atoms with van der Waals surface area (Å²) in [6, 6.07) is 11.5. The van der Waals surface area contributed by atoms with Gasteiger partial charge in [-0.05, 0) is 37.3 Å². The van der Waals surface area contributed by atoms with Gasteiger partial charge in [-0.15, -0.1) is 0 Å². The van der Waals surface area contributed by atoms with Crippen molar-refractivity contribution >= 4 is 33.2 Å². The number of hydrogen-bond donors (Lipinski definition) is 1. The van der Waals surface area contributed by atoms with Gasteiger partial charge in [0.1, 0.15) is 0 Å². The lowest BCUT2D eigenvalue weighted by Gasteiger charge is -2.06. The van der Waals surface area contributed by atoms with Crippen LogP contribution >= 0.6 is 15.9 Å². The largest absolute Gasteiger partial charge is 0.322 e. The average molecular weight is 335 g/mol. The number of hydrogen-bond acceptors (Lipinski definition) is 3. The lowest BCUT2D eigenvalue weighted by atomic mass is 10.1. The van der Waals surface area contributed by atoms with Crippen molar-refractivity contribution in [2.24, 2.45) is 0 Å². The molecule has 0 unspecified atom stereocenters. The van der Waals surface area contributed by atoms with Gasteiger partial charge < -0.3 is 5.32 Å². The minimum absolute atomic E-state index is 0.0616. The van der Waals surface area contributed by atoms with Crippen molar-refractivity contribution in [3.05, 3.63) is 68.2 Å². The van der Waals surface area contributed by atoms with Crippen LogP contribution in [0.1, 0.15) is 15.9 Å². The van der Waals surface area contributed by atoms with Crippen LogP contribution in [0.25, 0.3) is 0 Å². The summed E-state index contributed by atoms with van der Waals surface area (Å²) in [5.74, 6) is -0.379. The first-order valence-electron chi connectivity index (χ1n) is 5.79. The maximum atomic E-state index is 12.0. The van der Waals surface area contributed by atoms with Crippen LogP contribution < -0.4 is 5.32 Å². The Hall–Kier alpha value is -2.21. The van der Waals surface area contributed by atoms with Gasteiger partial charge in [-0.3, -0.25) is 14.9 Å². The first kappa shape index (κ1) is 14.2. The van der Waals surface area contributed by atoms with Crippen molar-refractivity contribution in [3.8, 4) is 0 Å². The molecule has 6 heteroatoms. The molecule has 0 aliphatic carbocycles. The van der Waals surface area contributed by atoms with Crippen LogP contribution in [0, 0.1) is 17.0 Å². The summed E-state index contributed by atoms with van der Waals surface area (Å²) in [5.41, 5.74) is 1.34. The van der Waals surface area contributed by atoms with E-state index in [1.807, 2.05) is 0 Å². The molecular formula is C14H11BrN2O3. The van der Waals surface area contributed by atoms with Crippen LogP contribution in [-0.4, -0.2) is 10.8 Å². The van der Waals surface area contributed by atoms with Crippen LogP contribution in [0.5, 0.6) is 0 Å². The number of nitro groups is 1. The highest BCUT2D eigenvalue weighted by atomic mass is 79.9. The quantitative estimate of drug-likeness (QED) is 0.683. The Morgan fingerprint density at radius 3 is 2.45 bits per heavy atom. The number of carbonyl (C=O) groups excluding carboxylic acids is 1. The number of aryl methyl sites for hydroxylation is 1. The molecule has 0 spiro atoms. The second-order valence-electron chi connectivity index (χ2n) is 4.22. The van der Waals surface area contributed by atoms with E-state index in [0.29, 0.717) is 11.3 Å². The fourth-order valence-corrected chi connectivity index (χ4v) is 1.95. The van der Waals surface area contributed by atoms with Crippen LogP contribution in [-0.2, 0) is 0 Å². The highest BCUT2D eigenvalue weighted by Gasteiger charge is 2.14. The van der Waals surface area contributed by atoms with Gasteiger partial charge in [0.15, 0.2) is 0 Å². The monoisotopic (exact) mass is 334 g/mol. The number of amides is 1. The fraction of sp³-hybridized carbons (Fsp3) is 0.0714. The summed E-state index contributed by atoms with van der Waals surface area (Å²) in [6.07, 6.45) is 0. The van der Waals surface area contributed by atoms with E-state index in [1.54, 1.807) is 43.3 Å². The van der Waals surface area contributed by atoms with Crippen LogP contribution in [0.3, 0.4) is 0 Å². The first-order chi connectivity index (χ1) is 9.47. The number of carbonyl (C=O) groups is 1. The molecule has 0 aromatic heterocycles. The lowest BCUT2D eigenvalue weighted by molar-refractivity contribution is -0.385. The number of nitrogens with zero attached hydrogens (tertiary/aromatic N) is 1. The van der Waals surface area contributed by atoms with E-state index in [9.17, 15) is 14.9 Å². The zero-order valence-electron chi connectivity index (χ0n) is 10.6. The summed E-state index contributed by atoms with van der Waals surface area (Å²) in [6.45, 7) is 1.63. The topological polar surface area (TPSA) is 72.2 Å². The Morgan fingerprint density at radius 2 is 1.85 bits per heavy atom. The predicted molar refractivity (Wildman–Crippen MR) is 79.9 cm³/mol. The maximum absolute atomic E-state index is 12.0. The minimum Gasteiger partial charge on any atom is -0.322 e. The molecule has 2 aromatic carbocycles. The van der Waals surface area contributed by atoms with E-state index in [0.717, 1.165) is 4.47 Å². The third-order valence-electron chi connectivity index (χ3n) is 2.77. The zero-order valence-corrected chi connectivity index (χ0v) is 12.2. The summed E-state index contributed by atoms with van der Waals surface area (Å²) in [5, 5.41) is 13.5. The molecule has 0 radical (unpaired) electrons. The van der Waals surface area contributed by atoms with Crippen molar-refractivity contribution in [1.29, 1.82) is 0 Å². The highest BCUT2D eigenvalue weighted by Crippen LogP contribution is 2.20. The number of anilines is 1. The molecule has 20 heavy (non-hydrogen) atoms. The molecular weight excluding hydrogens is 324 g/mol. The molecule has 2 aromatic rings. The average Bonchev–Trinajstić information content (AvgIpc) is 2.41. The van der Waals surface area contributed by atoms with E-state index in [-0.39, 0.29) is 17.2 Å². The zero-order chi connectivity index (χ0) is 14.7. The van der Waals surface area contributed by atoms with E-state index in [1.165, 1.54) is 6.07 Å². The highest BCUT2D eigenvalue weighted by molar-refractivity contribution is 9.10. The van der Waals surface area contributed by atoms with Crippen molar-refractivity contribution in [1.82, 2.24) is 0 Å². The normalized spacial score (nSPS) is 10.1. The molecule has 2 rings (SSSR count). The number of benzene rings is 2. The number of nitrogens with one attached hydrogen (secondary N) is 1.